The molecule has 1 atom stereocenters. The summed E-state index contributed by atoms with van der Waals surface area (Å²) in [5, 5.41) is 18.9. The number of nitrogens with zero attached hydrogens (tertiary/aromatic N) is 2. The summed E-state index contributed by atoms with van der Waals surface area (Å²) in [6.45, 7) is 2.34. The van der Waals surface area contributed by atoms with Gasteiger partial charge in [-0.1, -0.05) is 23.7 Å². The zero-order chi connectivity index (χ0) is 15.9. The van der Waals surface area contributed by atoms with Gasteiger partial charge < -0.3 is 4.74 Å². The van der Waals surface area contributed by atoms with Crippen molar-refractivity contribution in [2.75, 3.05) is 6.61 Å². The van der Waals surface area contributed by atoms with Gasteiger partial charge in [0.1, 0.15) is 5.75 Å². The highest BCUT2D eigenvalue weighted by Crippen LogP contribution is 2.23. The van der Waals surface area contributed by atoms with Crippen LogP contribution < -0.4 is 4.74 Å². The molecule has 0 amide bonds. The summed E-state index contributed by atoms with van der Waals surface area (Å²) in [7, 11) is 0. The van der Waals surface area contributed by atoms with E-state index >= 15 is 0 Å². The molecule has 4 heteroatoms. The topological polar surface area (TPSA) is 56.8 Å². The molecular weight excluding hydrogens is 296 g/mol. The van der Waals surface area contributed by atoms with E-state index in [2.05, 4.69) is 12.1 Å². The Morgan fingerprint density at radius 3 is 2.68 bits per heavy atom. The molecule has 2 aromatic carbocycles. The van der Waals surface area contributed by atoms with Crippen molar-refractivity contribution in [1.29, 1.82) is 10.5 Å². The first kappa shape index (κ1) is 15.9. The molecule has 1 unspecified atom stereocenters. The minimum Gasteiger partial charge on any atom is -0.494 e. The highest BCUT2D eigenvalue weighted by atomic mass is 35.5. The first-order chi connectivity index (χ1) is 10.6. The maximum absolute atomic E-state index is 9.31. The third-order valence-corrected chi connectivity index (χ3v) is 3.80. The Bertz CT molecular complexity index is 743. The second-order valence-corrected chi connectivity index (χ2v) is 5.37. The summed E-state index contributed by atoms with van der Waals surface area (Å²) in [6, 6.07) is 17.0. The Hall–Kier alpha value is -2.49. The van der Waals surface area contributed by atoms with Crippen LogP contribution in [-0.4, -0.2) is 6.61 Å². The van der Waals surface area contributed by atoms with E-state index in [1.54, 1.807) is 24.3 Å². The summed E-state index contributed by atoms with van der Waals surface area (Å²) in [5.74, 6) is 0.450. The second kappa shape index (κ2) is 7.50. The lowest BCUT2D eigenvalue weighted by Gasteiger charge is -2.12. The Balaban J connectivity index is 1.98. The van der Waals surface area contributed by atoms with Crippen LogP contribution in [0, 0.1) is 29.6 Å². The number of benzene rings is 2. The van der Waals surface area contributed by atoms with Crippen LogP contribution in [-0.2, 0) is 0 Å². The van der Waals surface area contributed by atoms with Crippen molar-refractivity contribution in [2.45, 2.75) is 19.3 Å². The standard InChI is InChI=1S/C18H15ClN2O/c1-13-9-17(5-6-18(13)19)22-8-7-16(12-21)15-4-2-3-14(10-15)11-20/h2-6,9-10,16H,7-8H2,1H3. The normalized spacial score (nSPS) is 11.3. The molecule has 2 aromatic rings. The van der Waals surface area contributed by atoms with Crippen molar-refractivity contribution >= 4 is 11.6 Å². The number of ether oxygens (including phenoxy) is 1. The fraction of sp³-hybridized carbons (Fsp3) is 0.222. The summed E-state index contributed by atoms with van der Waals surface area (Å²) < 4.78 is 5.68. The van der Waals surface area contributed by atoms with E-state index < -0.39 is 0 Å². The fourth-order valence-electron chi connectivity index (χ4n) is 2.13. The van der Waals surface area contributed by atoms with E-state index in [9.17, 15) is 5.26 Å². The largest absolute Gasteiger partial charge is 0.494 e. The van der Waals surface area contributed by atoms with Gasteiger partial charge in [0.2, 0.25) is 0 Å². The van der Waals surface area contributed by atoms with Crippen molar-refractivity contribution in [3.63, 3.8) is 0 Å². The molecular formula is C18H15ClN2O. The third-order valence-electron chi connectivity index (χ3n) is 3.38. The average Bonchev–Trinajstić information content (AvgIpc) is 2.55. The van der Waals surface area contributed by atoms with Gasteiger partial charge in [-0.2, -0.15) is 10.5 Å². The zero-order valence-corrected chi connectivity index (χ0v) is 13.0. The SMILES string of the molecule is Cc1cc(OCCC(C#N)c2cccc(C#N)c2)ccc1Cl. The highest BCUT2D eigenvalue weighted by molar-refractivity contribution is 6.31. The van der Waals surface area contributed by atoms with Crippen molar-refractivity contribution in [1.82, 2.24) is 0 Å². The molecule has 3 nitrogen and oxygen atoms in total. The molecule has 0 spiro atoms. The average molecular weight is 311 g/mol. The van der Waals surface area contributed by atoms with Crippen molar-refractivity contribution in [3.05, 3.63) is 64.2 Å². The summed E-state index contributed by atoms with van der Waals surface area (Å²) in [6.07, 6.45) is 0.563. The van der Waals surface area contributed by atoms with Gasteiger partial charge in [0.25, 0.3) is 0 Å². The van der Waals surface area contributed by atoms with E-state index in [1.807, 2.05) is 25.1 Å². The van der Waals surface area contributed by atoms with E-state index in [1.165, 1.54) is 0 Å². The lowest BCUT2D eigenvalue weighted by molar-refractivity contribution is 0.306. The van der Waals surface area contributed by atoms with Crippen LogP contribution in [0.4, 0.5) is 0 Å². The molecule has 110 valence electrons. The van der Waals surface area contributed by atoms with Crippen LogP contribution in [0.5, 0.6) is 5.75 Å². The van der Waals surface area contributed by atoms with Gasteiger partial charge in [0.15, 0.2) is 0 Å². The minimum absolute atomic E-state index is 0.290. The van der Waals surface area contributed by atoms with Gasteiger partial charge in [0.05, 0.1) is 30.2 Å². The first-order valence-corrected chi connectivity index (χ1v) is 7.30. The number of nitriles is 2. The quantitative estimate of drug-likeness (QED) is 0.811. The van der Waals surface area contributed by atoms with E-state index in [-0.39, 0.29) is 5.92 Å². The number of aryl methyl sites for hydroxylation is 1. The maximum atomic E-state index is 9.31. The van der Waals surface area contributed by atoms with Gasteiger partial charge in [-0.3, -0.25) is 0 Å². The lowest BCUT2D eigenvalue weighted by atomic mass is 9.96. The lowest BCUT2D eigenvalue weighted by Crippen LogP contribution is -2.05. The Morgan fingerprint density at radius 2 is 2.00 bits per heavy atom. The Morgan fingerprint density at radius 1 is 1.18 bits per heavy atom. The van der Waals surface area contributed by atoms with Crippen molar-refractivity contribution < 1.29 is 4.74 Å². The molecule has 0 saturated carbocycles. The van der Waals surface area contributed by atoms with Crippen LogP contribution >= 0.6 is 11.6 Å². The molecule has 0 N–H and O–H groups in total. The fourth-order valence-corrected chi connectivity index (χ4v) is 2.25. The molecule has 0 radical (unpaired) electrons. The Kier molecular flexibility index (Phi) is 5.42. The molecule has 0 aliphatic heterocycles. The van der Waals surface area contributed by atoms with E-state index in [4.69, 9.17) is 21.6 Å². The van der Waals surface area contributed by atoms with Gasteiger partial charge >= 0.3 is 0 Å². The third kappa shape index (κ3) is 4.01. The van der Waals surface area contributed by atoms with Crippen LogP contribution in [0.25, 0.3) is 0 Å². The first-order valence-electron chi connectivity index (χ1n) is 6.92. The molecule has 22 heavy (non-hydrogen) atoms. The van der Waals surface area contributed by atoms with Crippen molar-refractivity contribution in [2.24, 2.45) is 0 Å². The summed E-state index contributed by atoms with van der Waals surface area (Å²) in [4.78, 5) is 0. The maximum Gasteiger partial charge on any atom is 0.119 e. The van der Waals surface area contributed by atoms with E-state index in [0.29, 0.717) is 23.6 Å². The van der Waals surface area contributed by atoms with Gasteiger partial charge in [-0.15, -0.1) is 0 Å². The Labute approximate surface area is 135 Å². The predicted octanol–water partition coefficient (Wildman–Crippen LogP) is 4.60. The van der Waals surface area contributed by atoms with Gasteiger partial charge in [-0.25, -0.2) is 0 Å². The van der Waals surface area contributed by atoms with Crippen LogP contribution in [0.15, 0.2) is 42.5 Å². The molecule has 0 aliphatic rings. The molecule has 0 bridgehead atoms. The summed E-state index contributed by atoms with van der Waals surface area (Å²) >= 11 is 5.97. The zero-order valence-electron chi connectivity index (χ0n) is 12.2. The molecule has 0 aliphatic carbocycles. The highest BCUT2D eigenvalue weighted by Gasteiger charge is 2.11. The van der Waals surface area contributed by atoms with Crippen LogP contribution in [0.2, 0.25) is 5.02 Å². The molecule has 0 fully saturated rings. The molecule has 0 aromatic heterocycles. The van der Waals surface area contributed by atoms with Crippen LogP contribution in [0.3, 0.4) is 0 Å². The van der Waals surface area contributed by atoms with Crippen molar-refractivity contribution in [3.8, 4) is 17.9 Å². The molecule has 2 rings (SSSR count). The second-order valence-electron chi connectivity index (χ2n) is 4.97. The molecule has 0 heterocycles. The van der Waals surface area contributed by atoms with Gasteiger partial charge in [0, 0.05) is 11.4 Å². The smallest absolute Gasteiger partial charge is 0.119 e. The van der Waals surface area contributed by atoms with E-state index in [0.717, 1.165) is 16.9 Å². The number of hydrogen-bond acceptors (Lipinski definition) is 3. The number of rotatable bonds is 5. The van der Waals surface area contributed by atoms with Gasteiger partial charge in [-0.05, 0) is 48.4 Å². The van der Waals surface area contributed by atoms with Crippen LogP contribution in [0.1, 0.15) is 29.0 Å². The monoisotopic (exact) mass is 310 g/mol. The number of hydrogen-bond donors (Lipinski definition) is 0. The minimum atomic E-state index is -0.290. The molecule has 0 saturated heterocycles. The predicted molar refractivity (Wildman–Crippen MR) is 85.8 cm³/mol. The number of halogens is 1. The summed E-state index contributed by atoms with van der Waals surface area (Å²) in [5.41, 5.74) is 2.36.